The van der Waals surface area contributed by atoms with E-state index < -0.39 is 0 Å². The minimum absolute atomic E-state index is 0.00313. The Hall–Kier alpha value is -0.570. The molecule has 0 heterocycles. The molecule has 0 aromatic rings. The lowest BCUT2D eigenvalue weighted by Crippen LogP contribution is -2.24. The number of hydrogen-bond acceptors (Lipinski definition) is 3. The first-order valence-corrected chi connectivity index (χ1v) is 6.30. The van der Waals surface area contributed by atoms with E-state index in [1.807, 2.05) is 20.8 Å². The summed E-state index contributed by atoms with van der Waals surface area (Å²) in [5.74, 6) is 0.283. The summed E-state index contributed by atoms with van der Waals surface area (Å²) in [5, 5.41) is 0. The van der Waals surface area contributed by atoms with Crippen molar-refractivity contribution in [1.82, 2.24) is 0 Å². The molecule has 0 rings (SSSR count). The lowest BCUT2D eigenvalue weighted by Gasteiger charge is -2.19. The number of ether oxygens (including phenoxy) is 1. The Balaban J connectivity index is 3.81. The van der Waals surface area contributed by atoms with Gasteiger partial charge in [-0.1, -0.05) is 27.2 Å². The highest BCUT2D eigenvalue weighted by atomic mass is 16.5. The Morgan fingerprint density at radius 3 is 2.12 bits per heavy atom. The van der Waals surface area contributed by atoms with Crippen LogP contribution < -0.4 is 5.73 Å². The largest absolute Gasteiger partial charge is 0.462 e. The van der Waals surface area contributed by atoms with Crippen molar-refractivity contribution in [2.75, 3.05) is 0 Å². The molecule has 0 radical (unpaired) electrons. The Morgan fingerprint density at radius 1 is 1.12 bits per heavy atom. The van der Waals surface area contributed by atoms with Crippen molar-refractivity contribution in [3.63, 3.8) is 0 Å². The molecule has 96 valence electrons. The van der Waals surface area contributed by atoms with Crippen molar-refractivity contribution in [3.05, 3.63) is 0 Å². The molecule has 16 heavy (non-hydrogen) atoms. The van der Waals surface area contributed by atoms with Crippen LogP contribution in [0.2, 0.25) is 0 Å². The van der Waals surface area contributed by atoms with Gasteiger partial charge in [0.25, 0.3) is 0 Å². The van der Waals surface area contributed by atoms with Crippen LogP contribution in [0, 0.1) is 11.8 Å². The lowest BCUT2D eigenvalue weighted by molar-refractivity contribution is -0.154. The normalized spacial score (nSPS) is 16.9. The molecule has 3 heteroatoms. The van der Waals surface area contributed by atoms with E-state index >= 15 is 0 Å². The van der Waals surface area contributed by atoms with Crippen LogP contribution in [0.5, 0.6) is 0 Å². The Labute approximate surface area is 99.7 Å². The first-order valence-electron chi connectivity index (χ1n) is 6.30. The molecular formula is C13H27NO2. The summed E-state index contributed by atoms with van der Waals surface area (Å²) >= 11 is 0. The van der Waals surface area contributed by atoms with Gasteiger partial charge in [-0.05, 0) is 32.6 Å². The number of carbonyl (C=O) groups is 1. The van der Waals surface area contributed by atoms with E-state index in [0.717, 1.165) is 19.3 Å². The fourth-order valence-corrected chi connectivity index (χ4v) is 1.30. The predicted molar refractivity (Wildman–Crippen MR) is 67.1 cm³/mol. The second-order valence-corrected chi connectivity index (χ2v) is 5.20. The van der Waals surface area contributed by atoms with Gasteiger partial charge >= 0.3 is 5.97 Å². The van der Waals surface area contributed by atoms with Gasteiger partial charge in [-0.2, -0.15) is 0 Å². The maximum Gasteiger partial charge on any atom is 0.308 e. The number of esters is 1. The molecule has 0 aromatic heterocycles. The van der Waals surface area contributed by atoms with Gasteiger partial charge in [0.15, 0.2) is 0 Å². The summed E-state index contributed by atoms with van der Waals surface area (Å²) in [6.45, 7) is 9.97. The Bertz CT molecular complexity index is 202. The molecule has 2 N–H and O–H groups in total. The molecule has 3 unspecified atom stereocenters. The summed E-state index contributed by atoms with van der Waals surface area (Å²) in [4.78, 5) is 11.7. The fourth-order valence-electron chi connectivity index (χ4n) is 1.30. The van der Waals surface area contributed by atoms with Crippen molar-refractivity contribution in [2.24, 2.45) is 17.6 Å². The van der Waals surface area contributed by atoms with Crippen LogP contribution in [0.15, 0.2) is 0 Å². The highest BCUT2D eigenvalue weighted by Crippen LogP contribution is 2.14. The molecule has 3 nitrogen and oxygen atoms in total. The number of hydrogen-bond donors (Lipinski definition) is 1. The third-order valence-corrected chi connectivity index (χ3v) is 2.94. The van der Waals surface area contributed by atoms with Gasteiger partial charge in [0, 0.05) is 6.04 Å². The van der Waals surface area contributed by atoms with E-state index in [0.29, 0.717) is 5.92 Å². The molecule has 0 saturated heterocycles. The minimum Gasteiger partial charge on any atom is -0.462 e. The van der Waals surface area contributed by atoms with E-state index in [1.54, 1.807) is 0 Å². The lowest BCUT2D eigenvalue weighted by atomic mass is 10.0. The fraction of sp³-hybridized carbons (Fsp3) is 0.923. The van der Waals surface area contributed by atoms with Crippen molar-refractivity contribution in [2.45, 2.75) is 66.0 Å². The second-order valence-electron chi connectivity index (χ2n) is 5.20. The molecule has 0 bridgehead atoms. The van der Waals surface area contributed by atoms with Gasteiger partial charge < -0.3 is 10.5 Å². The highest BCUT2D eigenvalue weighted by molar-refractivity contribution is 5.72. The molecule has 0 aliphatic heterocycles. The van der Waals surface area contributed by atoms with Crippen LogP contribution in [0.3, 0.4) is 0 Å². The van der Waals surface area contributed by atoms with Crippen LogP contribution >= 0.6 is 0 Å². The third-order valence-electron chi connectivity index (χ3n) is 2.94. The van der Waals surface area contributed by atoms with Crippen molar-refractivity contribution in [3.8, 4) is 0 Å². The van der Waals surface area contributed by atoms with Gasteiger partial charge in [0.2, 0.25) is 0 Å². The van der Waals surface area contributed by atoms with Crippen LogP contribution in [-0.2, 0) is 9.53 Å². The highest BCUT2D eigenvalue weighted by Gasteiger charge is 2.18. The standard InChI is InChI=1S/C13H27NO2/c1-9(2)12(5)16-13(15)10(3)7-6-8-11(4)14/h9-12H,6-8,14H2,1-5H3. The number of rotatable bonds is 7. The van der Waals surface area contributed by atoms with Gasteiger partial charge in [-0.15, -0.1) is 0 Å². The van der Waals surface area contributed by atoms with E-state index in [4.69, 9.17) is 10.5 Å². The molecule has 0 fully saturated rings. The molecule has 0 spiro atoms. The van der Waals surface area contributed by atoms with Gasteiger partial charge in [0.1, 0.15) is 6.10 Å². The molecule has 3 atom stereocenters. The van der Waals surface area contributed by atoms with E-state index in [2.05, 4.69) is 13.8 Å². The zero-order valence-electron chi connectivity index (χ0n) is 11.3. The van der Waals surface area contributed by atoms with Gasteiger partial charge in [-0.3, -0.25) is 4.79 Å². The summed E-state index contributed by atoms with van der Waals surface area (Å²) in [6, 6.07) is 0.220. The summed E-state index contributed by atoms with van der Waals surface area (Å²) in [5.41, 5.74) is 5.66. The van der Waals surface area contributed by atoms with Gasteiger partial charge in [0.05, 0.1) is 5.92 Å². The average Bonchev–Trinajstić information content (AvgIpc) is 2.16. The van der Waals surface area contributed by atoms with E-state index in [1.165, 1.54) is 0 Å². The molecule has 0 aliphatic rings. The van der Waals surface area contributed by atoms with Crippen LogP contribution in [0.1, 0.15) is 53.9 Å². The Kier molecular flexibility index (Phi) is 7.39. The zero-order valence-corrected chi connectivity index (χ0v) is 11.3. The smallest absolute Gasteiger partial charge is 0.308 e. The summed E-state index contributed by atoms with van der Waals surface area (Å²) in [6.07, 6.45) is 2.83. The van der Waals surface area contributed by atoms with E-state index in [-0.39, 0.29) is 24.0 Å². The number of carbonyl (C=O) groups excluding carboxylic acids is 1. The predicted octanol–water partition coefficient (Wildman–Crippen LogP) is 2.73. The van der Waals surface area contributed by atoms with Crippen molar-refractivity contribution in [1.29, 1.82) is 0 Å². The van der Waals surface area contributed by atoms with Gasteiger partial charge in [-0.25, -0.2) is 0 Å². The third kappa shape index (κ3) is 6.83. The Morgan fingerprint density at radius 2 is 1.69 bits per heavy atom. The molecular weight excluding hydrogens is 202 g/mol. The van der Waals surface area contributed by atoms with E-state index in [9.17, 15) is 4.79 Å². The summed E-state index contributed by atoms with van der Waals surface area (Å²) < 4.78 is 5.36. The average molecular weight is 229 g/mol. The van der Waals surface area contributed by atoms with Crippen LogP contribution in [-0.4, -0.2) is 18.1 Å². The summed E-state index contributed by atoms with van der Waals surface area (Å²) in [7, 11) is 0. The zero-order chi connectivity index (χ0) is 12.7. The minimum atomic E-state index is -0.0779. The molecule has 0 saturated carbocycles. The molecule has 0 aromatic carbocycles. The maximum atomic E-state index is 11.7. The molecule has 0 aliphatic carbocycles. The topological polar surface area (TPSA) is 52.3 Å². The molecule has 0 amide bonds. The van der Waals surface area contributed by atoms with Crippen LogP contribution in [0.4, 0.5) is 0 Å². The second kappa shape index (κ2) is 7.66. The SMILES string of the molecule is CC(N)CCCC(C)C(=O)OC(C)C(C)C. The van der Waals surface area contributed by atoms with Crippen molar-refractivity contribution >= 4 is 5.97 Å². The number of nitrogens with two attached hydrogens (primary N) is 1. The maximum absolute atomic E-state index is 11.7. The van der Waals surface area contributed by atoms with Crippen LogP contribution in [0.25, 0.3) is 0 Å². The first kappa shape index (κ1) is 15.4. The first-order chi connectivity index (χ1) is 7.34. The van der Waals surface area contributed by atoms with Crippen molar-refractivity contribution < 1.29 is 9.53 Å². The quantitative estimate of drug-likeness (QED) is 0.683. The monoisotopic (exact) mass is 229 g/mol.